The molecule has 0 N–H and O–H groups in total. The fraction of sp³-hybridized carbons (Fsp3) is 0.800. The number of likely N-dealkylation sites (tertiary alicyclic amines) is 1. The Morgan fingerprint density at radius 2 is 2.33 bits per heavy atom. The average molecular weight is 127 g/mol. The molecule has 0 aromatic carbocycles. The minimum atomic E-state index is -0.201. The van der Waals surface area contributed by atoms with Gasteiger partial charge in [-0.2, -0.15) is 0 Å². The molecule has 0 aromatic heterocycles. The van der Waals surface area contributed by atoms with E-state index in [9.17, 15) is 4.79 Å². The van der Waals surface area contributed by atoms with E-state index in [1.54, 1.807) is 4.90 Å². The van der Waals surface area contributed by atoms with Gasteiger partial charge in [-0.25, -0.2) is 4.79 Å². The molecular formula is C5H10BNO2. The van der Waals surface area contributed by atoms with Crippen molar-refractivity contribution in [1.82, 2.24) is 4.90 Å². The van der Waals surface area contributed by atoms with Gasteiger partial charge in [-0.1, -0.05) is 0 Å². The maximum atomic E-state index is 10.6. The highest BCUT2D eigenvalue weighted by Gasteiger charge is 2.27. The molecule has 1 rings (SSSR count). The molecule has 1 saturated heterocycles. The molecule has 0 spiro atoms. The highest BCUT2D eigenvalue weighted by Crippen LogP contribution is 2.17. The number of carbonyl (C=O) groups is 1. The van der Waals surface area contributed by atoms with Crippen LogP contribution in [0.4, 0.5) is 4.79 Å². The van der Waals surface area contributed by atoms with Crippen LogP contribution >= 0.6 is 0 Å². The topological polar surface area (TPSA) is 29.5 Å². The van der Waals surface area contributed by atoms with Crippen molar-refractivity contribution in [2.24, 2.45) is 0 Å². The molecule has 1 aliphatic heterocycles. The molecule has 1 aliphatic rings. The molecular weight excluding hydrogens is 117 g/mol. The van der Waals surface area contributed by atoms with Crippen molar-refractivity contribution in [3.63, 3.8) is 0 Å². The number of methoxy groups -OCH3 is 1. The van der Waals surface area contributed by atoms with E-state index in [1.165, 1.54) is 7.11 Å². The van der Waals surface area contributed by atoms with Crippen molar-refractivity contribution in [2.45, 2.75) is 5.82 Å². The Morgan fingerprint density at radius 3 is 2.67 bits per heavy atom. The van der Waals surface area contributed by atoms with Gasteiger partial charge < -0.3 is 9.64 Å². The van der Waals surface area contributed by atoms with Gasteiger partial charge in [-0.3, -0.25) is 0 Å². The summed E-state index contributed by atoms with van der Waals surface area (Å²) in [6.07, 6.45) is -0.201. The van der Waals surface area contributed by atoms with Crippen molar-refractivity contribution in [1.29, 1.82) is 0 Å². The molecule has 0 atom stereocenters. The summed E-state index contributed by atoms with van der Waals surface area (Å²) in [4.78, 5) is 12.3. The number of hydrogen-bond donors (Lipinski definition) is 0. The second-order valence-corrected chi connectivity index (χ2v) is 2.48. The van der Waals surface area contributed by atoms with E-state index in [0.717, 1.165) is 13.1 Å². The zero-order chi connectivity index (χ0) is 6.85. The first-order valence-corrected chi connectivity index (χ1v) is 3.07. The average Bonchev–Trinajstić information content (AvgIpc) is 1.79. The van der Waals surface area contributed by atoms with Crippen LogP contribution in [0.5, 0.6) is 0 Å². The number of rotatable bonds is 0. The van der Waals surface area contributed by atoms with Crippen molar-refractivity contribution < 1.29 is 9.53 Å². The lowest BCUT2D eigenvalue weighted by atomic mass is 9.81. The van der Waals surface area contributed by atoms with Gasteiger partial charge in [0, 0.05) is 13.1 Å². The van der Waals surface area contributed by atoms with Crippen LogP contribution in [0.3, 0.4) is 0 Å². The van der Waals surface area contributed by atoms with Gasteiger partial charge in [-0.05, 0) is 5.82 Å². The van der Waals surface area contributed by atoms with Crippen LogP contribution in [0.2, 0.25) is 5.82 Å². The molecule has 50 valence electrons. The second kappa shape index (κ2) is 2.29. The third kappa shape index (κ3) is 1.17. The Labute approximate surface area is 55.4 Å². The summed E-state index contributed by atoms with van der Waals surface area (Å²) in [5.41, 5.74) is 0. The van der Waals surface area contributed by atoms with Crippen LogP contribution in [0, 0.1) is 0 Å². The van der Waals surface area contributed by atoms with E-state index in [0.29, 0.717) is 5.82 Å². The van der Waals surface area contributed by atoms with Gasteiger partial charge in [0.05, 0.1) is 7.11 Å². The number of hydrogen-bond acceptors (Lipinski definition) is 2. The van der Waals surface area contributed by atoms with E-state index >= 15 is 0 Å². The highest BCUT2D eigenvalue weighted by molar-refractivity contribution is 6.13. The van der Waals surface area contributed by atoms with E-state index in [4.69, 9.17) is 0 Å². The molecule has 4 heteroatoms. The fourth-order valence-corrected chi connectivity index (χ4v) is 0.977. The first-order valence-electron chi connectivity index (χ1n) is 3.07. The first kappa shape index (κ1) is 6.45. The predicted molar refractivity (Wildman–Crippen MR) is 36.3 cm³/mol. The van der Waals surface area contributed by atoms with E-state index < -0.39 is 0 Å². The summed E-state index contributed by atoms with van der Waals surface area (Å²) in [5, 5.41) is 0. The van der Waals surface area contributed by atoms with Gasteiger partial charge in [-0.15, -0.1) is 0 Å². The van der Waals surface area contributed by atoms with Crippen LogP contribution in [0.25, 0.3) is 0 Å². The fourth-order valence-electron chi connectivity index (χ4n) is 0.977. The Balaban J connectivity index is 2.23. The van der Waals surface area contributed by atoms with Gasteiger partial charge in [0.1, 0.15) is 7.85 Å². The van der Waals surface area contributed by atoms with Gasteiger partial charge >= 0.3 is 6.09 Å². The lowest BCUT2D eigenvalue weighted by Crippen LogP contribution is -2.46. The number of ether oxygens (including phenoxy) is 1. The summed E-state index contributed by atoms with van der Waals surface area (Å²) in [6, 6.07) is 0. The highest BCUT2D eigenvalue weighted by atomic mass is 16.5. The zero-order valence-electron chi connectivity index (χ0n) is 5.76. The molecule has 1 amide bonds. The van der Waals surface area contributed by atoms with E-state index in [2.05, 4.69) is 12.6 Å². The third-order valence-electron chi connectivity index (χ3n) is 1.50. The second-order valence-electron chi connectivity index (χ2n) is 2.48. The molecule has 0 aromatic rings. The smallest absolute Gasteiger partial charge is 0.409 e. The maximum absolute atomic E-state index is 10.6. The minimum absolute atomic E-state index is 0.201. The summed E-state index contributed by atoms with van der Waals surface area (Å²) in [5.74, 6) is 0.657. The zero-order valence-corrected chi connectivity index (χ0v) is 5.76. The number of amides is 1. The van der Waals surface area contributed by atoms with Crippen LogP contribution in [0.15, 0.2) is 0 Å². The van der Waals surface area contributed by atoms with Crippen molar-refractivity contribution >= 4 is 13.9 Å². The van der Waals surface area contributed by atoms with E-state index in [-0.39, 0.29) is 6.09 Å². The standard InChI is InChI=1S/C5H10BNO2/c1-9-5(8)7-2-4(6)3-7/h4H,2-3,6H2,1H3. The maximum Gasteiger partial charge on any atom is 0.409 e. The quantitative estimate of drug-likeness (QED) is 0.410. The lowest BCUT2D eigenvalue weighted by Gasteiger charge is -2.35. The SMILES string of the molecule is BC1CN(C(=O)OC)C1. The molecule has 3 nitrogen and oxygen atoms in total. The molecule has 0 saturated carbocycles. The summed E-state index contributed by atoms with van der Waals surface area (Å²) >= 11 is 0. The van der Waals surface area contributed by atoms with Crippen LogP contribution < -0.4 is 0 Å². The summed E-state index contributed by atoms with van der Waals surface area (Å²) in [7, 11) is 3.52. The Morgan fingerprint density at radius 1 is 1.78 bits per heavy atom. The minimum Gasteiger partial charge on any atom is -0.453 e. The van der Waals surface area contributed by atoms with Gasteiger partial charge in [0.25, 0.3) is 0 Å². The van der Waals surface area contributed by atoms with Crippen molar-refractivity contribution in [3.8, 4) is 0 Å². The molecule has 9 heavy (non-hydrogen) atoms. The Kier molecular flexibility index (Phi) is 1.64. The summed E-state index contributed by atoms with van der Waals surface area (Å²) in [6.45, 7) is 1.71. The molecule has 0 unspecified atom stereocenters. The third-order valence-corrected chi connectivity index (χ3v) is 1.50. The molecule has 1 fully saturated rings. The van der Waals surface area contributed by atoms with Crippen LogP contribution in [-0.2, 0) is 4.74 Å². The Bertz CT molecular complexity index is 122. The van der Waals surface area contributed by atoms with Gasteiger partial charge in [0.15, 0.2) is 0 Å². The molecule has 1 heterocycles. The first-order chi connectivity index (χ1) is 4.24. The largest absolute Gasteiger partial charge is 0.453 e. The van der Waals surface area contributed by atoms with Crippen LogP contribution in [0.1, 0.15) is 0 Å². The molecule has 0 bridgehead atoms. The Hall–Kier alpha value is -0.665. The number of nitrogens with zero attached hydrogens (tertiary/aromatic N) is 1. The van der Waals surface area contributed by atoms with Gasteiger partial charge in [0.2, 0.25) is 0 Å². The van der Waals surface area contributed by atoms with E-state index in [1.807, 2.05) is 0 Å². The molecule has 0 aliphatic carbocycles. The van der Waals surface area contributed by atoms with Crippen molar-refractivity contribution in [3.05, 3.63) is 0 Å². The lowest BCUT2D eigenvalue weighted by molar-refractivity contribution is 0.0995. The monoisotopic (exact) mass is 127 g/mol. The van der Waals surface area contributed by atoms with Crippen LogP contribution in [-0.4, -0.2) is 39.0 Å². The number of carbonyl (C=O) groups excluding carboxylic acids is 1. The molecule has 0 radical (unpaired) electrons. The van der Waals surface area contributed by atoms with Crippen molar-refractivity contribution in [2.75, 3.05) is 20.2 Å². The predicted octanol–water partition coefficient (Wildman–Crippen LogP) is -0.510. The summed E-state index contributed by atoms with van der Waals surface area (Å²) < 4.78 is 4.49. The normalized spacial score (nSPS) is 19.0.